The number of fused-ring (bicyclic) bond motifs is 1. The Morgan fingerprint density at radius 1 is 1.29 bits per heavy atom. The maximum absolute atomic E-state index is 11.2. The van der Waals surface area contributed by atoms with Crippen molar-refractivity contribution in [1.82, 2.24) is 9.55 Å². The minimum absolute atomic E-state index is 0.000145. The summed E-state index contributed by atoms with van der Waals surface area (Å²) in [6.07, 6.45) is 0. The van der Waals surface area contributed by atoms with Gasteiger partial charge in [0.2, 0.25) is 0 Å². The Hall–Kier alpha value is -1.88. The van der Waals surface area contributed by atoms with Gasteiger partial charge in [0.05, 0.1) is 29.2 Å². The van der Waals surface area contributed by atoms with Gasteiger partial charge in [0, 0.05) is 5.92 Å². The van der Waals surface area contributed by atoms with E-state index in [0.717, 1.165) is 16.9 Å². The number of benzene rings is 1. The standard InChI is InChI=1S/C16H22N2O3/c1-9(2)14(8-19)18-13-7-11(16(20)21)5-6-12(13)17-15(18)10(3)4/h5-7,9-10,14,19H,8H2,1-4H3,(H,20,21)/t14-/m0/s1. The molecule has 1 heterocycles. The van der Waals surface area contributed by atoms with Crippen LogP contribution in [0.5, 0.6) is 0 Å². The third-order valence-corrected chi connectivity index (χ3v) is 3.77. The zero-order chi connectivity index (χ0) is 15.7. The van der Waals surface area contributed by atoms with E-state index in [0.29, 0.717) is 0 Å². The van der Waals surface area contributed by atoms with Crippen molar-refractivity contribution in [3.63, 3.8) is 0 Å². The lowest BCUT2D eigenvalue weighted by molar-refractivity contribution is 0.0697. The molecule has 1 aromatic heterocycles. The van der Waals surface area contributed by atoms with E-state index in [1.165, 1.54) is 0 Å². The third-order valence-electron chi connectivity index (χ3n) is 3.77. The quantitative estimate of drug-likeness (QED) is 0.887. The van der Waals surface area contributed by atoms with Crippen LogP contribution in [0.3, 0.4) is 0 Å². The summed E-state index contributed by atoms with van der Waals surface area (Å²) >= 11 is 0. The van der Waals surface area contributed by atoms with E-state index >= 15 is 0 Å². The average Bonchev–Trinajstić information content (AvgIpc) is 2.78. The molecule has 0 saturated carbocycles. The van der Waals surface area contributed by atoms with E-state index in [4.69, 9.17) is 0 Å². The molecule has 2 aromatic rings. The number of carbonyl (C=O) groups is 1. The van der Waals surface area contributed by atoms with Crippen molar-refractivity contribution in [2.24, 2.45) is 5.92 Å². The molecule has 0 fully saturated rings. The fraction of sp³-hybridized carbons (Fsp3) is 0.500. The summed E-state index contributed by atoms with van der Waals surface area (Å²) in [5.74, 6) is 0.331. The molecule has 0 radical (unpaired) electrons. The molecule has 0 amide bonds. The van der Waals surface area contributed by atoms with Gasteiger partial charge in [0.25, 0.3) is 0 Å². The molecule has 0 aliphatic carbocycles. The molecule has 5 heteroatoms. The summed E-state index contributed by atoms with van der Waals surface area (Å²) < 4.78 is 2.00. The molecule has 0 aliphatic rings. The topological polar surface area (TPSA) is 75.3 Å². The molecule has 2 N–H and O–H groups in total. The third kappa shape index (κ3) is 2.78. The van der Waals surface area contributed by atoms with Crippen molar-refractivity contribution >= 4 is 17.0 Å². The lowest BCUT2D eigenvalue weighted by atomic mass is 10.0. The maximum atomic E-state index is 11.2. The minimum Gasteiger partial charge on any atom is -0.478 e. The van der Waals surface area contributed by atoms with Gasteiger partial charge in [-0.15, -0.1) is 0 Å². The Morgan fingerprint density at radius 3 is 2.43 bits per heavy atom. The Morgan fingerprint density at radius 2 is 1.95 bits per heavy atom. The smallest absolute Gasteiger partial charge is 0.335 e. The monoisotopic (exact) mass is 290 g/mol. The van der Waals surface area contributed by atoms with Gasteiger partial charge in [0.1, 0.15) is 5.82 Å². The number of imidazole rings is 1. The number of carboxylic acids is 1. The summed E-state index contributed by atoms with van der Waals surface area (Å²) in [6.45, 7) is 8.17. The normalized spacial score (nSPS) is 13.3. The van der Waals surface area contributed by atoms with Crippen LogP contribution in [-0.2, 0) is 0 Å². The zero-order valence-corrected chi connectivity index (χ0v) is 12.9. The van der Waals surface area contributed by atoms with Crippen LogP contribution in [0, 0.1) is 5.92 Å². The summed E-state index contributed by atoms with van der Waals surface area (Å²) in [7, 11) is 0. The van der Waals surface area contributed by atoms with Crippen LogP contribution in [-0.4, -0.2) is 32.3 Å². The van der Waals surface area contributed by atoms with Crippen LogP contribution in [0.15, 0.2) is 18.2 Å². The van der Waals surface area contributed by atoms with Crippen LogP contribution in [0.25, 0.3) is 11.0 Å². The Labute approximate surface area is 124 Å². The largest absolute Gasteiger partial charge is 0.478 e. The number of rotatable bonds is 5. The van der Waals surface area contributed by atoms with E-state index in [1.54, 1.807) is 18.2 Å². The minimum atomic E-state index is -0.958. The zero-order valence-electron chi connectivity index (χ0n) is 12.9. The SMILES string of the molecule is CC(C)c1nc2ccc(C(=O)O)cc2n1[C@@H](CO)C(C)C. The van der Waals surface area contributed by atoms with Crippen LogP contribution >= 0.6 is 0 Å². The molecule has 0 spiro atoms. The van der Waals surface area contributed by atoms with E-state index in [9.17, 15) is 15.0 Å². The molecule has 1 aromatic carbocycles. The first-order valence-corrected chi connectivity index (χ1v) is 7.22. The van der Waals surface area contributed by atoms with E-state index in [2.05, 4.69) is 4.98 Å². The van der Waals surface area contributed by atoms with Crippen molar-refractivity contribution in [2.75, 3.05) is 6.61 Å². The highest BCUT2D eigenvalue weighted by molar-refractivity contribution is 5.92. The highest BCUT2D eigenvalue weighted by atomic mass is 16.4. The van der Waals surface area contributed by atoms with Gasteiger partial charge in [-0.1, -0.05) is 27.7 Å². The van der Waals surface area contributed by atoms with E-state index < -0.39 is 5.97 Å². The first kappa shape index (κ1) is 15.5. The van der Waals surface area contributed by atoms with Crippen LogP contribution < -0.4 is 0 Å². The second kappa shape index (κ2) is 5.85. The molecular weight excluding hydrogens is 268 g/mol. The molecule has 21 heavy (non-hydrogen) atoms. The van der Waals surface area contributed by atoms with Crippen molar-refractivity contribution in [1.29, 1.82) is 0 Å². The van der Waals surface area contributed by atoms with Gasteiger partial charge in [0.15, 0.2) is 0 Å². The van der Waals surface area contributed by atoms with Gasteiger partial charge in [-0.3, -0.25) is 0 Å². The molecule has 0 saturated heterocycles. The first-order valence-electron chi connectivity index (χ1n) is 7.22. The summed E-state index contributed by atoms with van der Waals surface area (Å²) in [5.41, 5.74) is 1.77. The Kier molecular flexibility index (Phi) is 4.32. The first-order chi connectivity index (χ1) is 9.86. The second-order valence-corrected chi connectivity index (χ2v) is 6.00. The molecule has 1 atom stereocenters. The number of nitrogens with zero attached hydrogens (tertiary/aromatic N) is 2. The van der Waals surface area contributed by atoms with E-state index in [1.807, 2.05) is 32.3 Å². The highest BCUT2D eigenvalue weighted by Crippen LogP contribution is 2.30. The van der Waals surface area contributed by atoms with Gasteiger partial charge >= 0.3 is 5.97 Å². The number of aliphatic hydroxyl groups excluding tert-OH is 1. The van der Waals surface area contributed by atoms with Crippen molar-refractivity contribution in [3.8, 4) is 0 Å². The molecule has 0 aliphatic heterocycles. The predicted molar refractivity (Wildman–Crippen MR) is 81.7 cm³/mol. The number of hydrogen-bond donors (Lipinski definition) is 2. The fourth-order valence-corrected chi connectivity index (χ4v) is 2.59. The Bertz CT molecular complexity index is 659. The van der Waals surface area contributed by atoms with Gasteiger partial charge in [-0.05, 0) is 24.1 Å². The van der Waals surface area contributed by atoms with Crippen LogP contribution in [0.4, 0.5) is 0 Å². The fourth-order valence-electron chi connectivity index (χ4n) is 2.59. The van der Waals surface area contributed by atoms with Gasteiger partial charge in [-0.25, -0.2) is 9.78 Å². The molecule has 0 unspecified atom stereocenters. The molecular formula is C16H22N2O3. The van der Waals surface area contributed by atoms with Crippen LogP contribution in [0.2, 0.25) is 0 Å². The van der Waals surface area contributed by atoms with E-state index in [-0.39, 0.29) is 30.0 Å². The second-order valence-electron chi connectivity index (χ2n) is 6.00. The summed E-state index contributed by atoms with van der Waals surface area (Å²) in [6, 6.07) is 4.82. The summed E-state index contributed by atoms with van der Waals surface area (Å²) in [5, 5.41) is 18.9. The lowest BCUT2D eigenvalue weighted by Gasteiger charge is -2.24. The number of hydrogen-bond acceptors (Lipinski definition) is 3. The number of aromatic carboxylic acids is 1. The summed E-state index contributed by atoms with van der Waals surface area (Å²) in [4.78, 5) is 15.8. The molecule has 5 nitrogen and oxygen atoms in total. The number of aromatic nitrogens is 2. The molecule has 114 valence electrons. The van der Waals surface area contributed by atoms with Crippen molar-refractivity contribution < 1.29 is 15.0 Å². The van der Waals surface area contributed by atoms with Gasteiger partial charge < -0.3 is 14.8 Å². The highest BCUT2D eigenvalue weighted by Gasteiger charge is 2.23. The molecule has 0 bridgehead atoms. The number of aliphatic hydroxyl groups is 1. The maximum Gasteiger partial charge on any atom is 0.335 e. The number of carboxylic acid groups (broad SMARTS) is 1. The van der Waals surface area contributed by atoms with Gasteiger partial charge in [-0.2, -0.15) is 0 Å². The van der Waals surface area contributed by atoms with Crippen LogP contribution in [0.1, 0.15) is 55.8 Å². The van der Waals surface area contributed by atoms with Crippen molar-refractivity contribution in [3.05, 3.63) is 29.6 Å². The van der Waals surface area contributed by atoms with Crippen molar-refractivity contribution in [2.45, 2.75) is 39.7 Å². The molecule has 2 rings (SSSR count). The lowest BCUT2D eigenvalue weighted by Crippen LogP contribution is -2.21. The predicted octanol–water partition coefficient (Wildman–Crippen LogP) is 3.05. The average molecular weight is 290 g/mol. The Balaban J connectivity index is 2.75.